The van der Waals surface area contributed by atoms with Gasteiger partial charge < -0.3 is 4.74 Å². The van der Waals surface area contributed by atoms with Crippen LogP contribution in [0.3, 0.4) is 0 Å². The highest BCUT2D eigenvalue weighted by Crippen LogP contribution is 2.40. The second kappa shape index (κ2) is 10.1. The molecule has 5 rings (SSSR count). The Morgan fingerprint density at radius 3 is 1.78 bits per heavy atom. The predicted octanol–water partition coefficient (Wildman–Crippen LogP) is 9.72. The maximum atomic E-state index is 14.9. The number of aryl methyl sites for hydroxylation is 1. The number of fused-ring (bicyclic) bond motifs is 1. The minimum atomic E-state index is -4.82. The van der Waals surface area contributed by atoms with Gasteiger partial charge in [-0.3, -0.25) is 0 Å². The van der Waals surface area contributed by atoms with Crippen molar-refractivity contribution in [3.05, 3.63) is 124 Å². The molecule has 41 heavy (non-hydrogen) atoms. The van der Waals surface area contributed by atoms with Crippen LogP contribution >= 0.6 is 0 Å². The lowest BCUT2D eigenvalue weighted by Gasteiger charge is -2.21. The molecule has 0 N–H and O–H groups in total. The summed E-state index contributed by atoms with van der Waals surface area (Å²) in [4.78, 5) is 0. The van der Waals surface area contributed by atoms with Gasteiger partial charge in [-0.15, -0.1) is 0 Å². The average molecular weight is 580 g/mol. The van der Waals surface area contributed by atoms with Crippen LogP contribution < -0.4 is 4.74 Å². The van der Waals surface area contributed by atoms with E-state index in [1.54, 1.807) is 19.1 Å². The molecule has 0 atom stereocenters. The molecule has 0 bridgehead atoms. The van der Waals surface area contributed by atoms with E-state index in [-0.39, 0.29) is 5.56 Å². The third-order valence-corrected chi connectivity index (χ3v) is 6.34. The molecular weight excluding hydrogens is 566 g/mol. The summed E-state index contributed by atoms with van der Waals surface area (Å²) < 4.78 is 149. The zero-order valence-corrected chi connectivity index (χ0v) is 20.5. The molecule has 0 saturated heterocycles. The predicted molar refractivity (Wildman–Crippen MR) is 130 cm³/mol. The van der Waals surface area contributed by atoms with Crippen molar-refractivity contribution in [2.24, 2.45) is 0 Å². The fourth-order valence-electron chi connectivity index (χ4n) is 4.33. The average Bonchev–Trinajstić information content (AvgIpc) is 2.89. The number of halogens is 10. The maximum absolute atomic E-state index is 14.9. The van der Waals surface area contributed by atoms with E-state index in [1.165, 1.54) is 12.1 Å². The van der Waals surface area contributed by atoms with Crippen LogP contribution in [0.15, 0.2) is 66.7 Å². The normalized spacial score (nSPS) is 11.8. The monoisotopic (exact) mass is 580 g/mol. The van der Waals surface area contributed by atoms with Gasteiger partial charge in [0.15, 0.2) is 29.0 Å². The first-order valence-electron chi connectivity index (χ1n) is 11.7. The molecule has 0 aromatic heterocycles. The van der Waals surface area contributed by atoms with Crippen molar-refractivity contribution in [2.75, 3.05) is 0 Å². The Morgan fingerprint density at radius 1 is 0.537 bits per heavy atom. The van der Waals surface area contributed by atoms with Gasteiger partial charge in [0.25, 0.3) is 0 Å². The molecule has 0 heterocycles. The van der Waals surface area contributed by atoms with E-state index in [4.69, 9.17) is 0 Å². The standard InChI is InChI=1S/C30H14F10O/c1-13-2-4-14(5-3-13)15-9-20(32)25(21(33)10-15)30(39,40)41-23-7-6-18(26(35)28(23)37)16-8-17-12-22(34)27(36)29(38)24(17)19(31)11-16/h2-12H,1H3. The molecule has 5 aromatic carbocycles. The molecule has 0 aliphatic rings. The number of alkyl halides is 2. The highest BCUT2D eigenvalue weighted by molar-refractivity contribution is 5.88. The molecule has 5 aromatic rings. The van der Waals surface area contributed by atoms with Crippen LogP contribution in [0, 0.1) is 53.5 Å². The van der Waals surface area contributed by atoms with Crippen LogP contribution in [0.2, 0.25) is 0 Å². The van der Waals surface area contributed by atoms with Crippen LogP contribution in [-0.2, 0) is 6.11 Å². The van der Waals surface area contributed by atoms with Gasteiger partial charge in [-0.05, 0) is 71.5 Å². The topological polar surface area (TPSA) is 9.23 Å². The minimum absolute atomic E-state index is 0.0637. The molecule has 210 valence electrons. The van der Waals surface area contributed by atoms with E-state index >= 15 is 0 Å². The Bertz CT molecular complexity index is 1810. The van der Waals surface area contributed by atoms with Crippen LogP contribution in [0.5, 0.6) is 5.75 Å². The fourth-order valence-corrected chi connectivity index (χ4v) is 4.33. The molecule has 0 saturated carbocycles. The Morgan fingerprint density at radius 2 is 1.15 bits per heavy atom. The van der Waals surface area contributed by atoms with Gasteiger partial charge in [-0.1, -0.05) is 29.8 Å². The Labute approximate surface area is 225 Å². The van der Waals surface area contributed by atoms with Crippen molar-refractivity contribution in [2.45, 2.75) is 13.0 Å². The van der Waals surface area contributed by atoms with E-state index in [0.717, 1.165) is 11.6 Å². The lowest BCUT2D eigenvalue weighted by molar-refractivity contribution is -0.191. The van der Waals surface area contributed by atoms with Crippen molar-refractivity contribution in [1.29, 1.82) is 0 Å². The molecule has 11 heteroatoms. The zero-order valence-electron chi connectivity index (χ0n) is 20.5. The number of rotatable bonds is 5. The number of ether oxygens (including phenoxy) is 1. The molecule has 0 aliphatic heterocycles. The zero-order chi connectivity index (χ0) is 29.8. The van der Waals surface area contributed by atoms with Crippen molar-refractivity contribution in [3.63, 3.8) is 0 Å². The van der Waals surface area contributed by atoms with Gasteiger partial charge in [0, 0.05) is 5.56 Å². The van der Waals surface area contributed by atoms with Crippen LogP contribution in [0.4, 0.5) is 43.9 Å². The summed E-state index contributed by atoms with van der Waals surface area (Å²) in [6.07, 6.45) is -4.82. The van der Waals surface area contributed by atoms with E-state index in [2.05, 4.69) is 4.74 Å². The number of hydrogen-bond acceptors (Lipinski definition) is 1. The summed E-state index contributed by atoms with van der Waals surface area (Å²) >= 11 is 0. The van der Waals surface area contributed by atoms with E-state index in [9.17, 15) is 43.9 Å². The van der Waals surface area contributed by atoms with E-state index in [0.29, 0.717) is 42.0 Å². The largest absolute Gasteiger partial charge is 0.432 e. The van der Waals surface area contributed by atoms with Gasteiger partial charge in [-0.2, -0.15) is 13.2 Å². The SMILES string of the molecule is Cc1ccc(-c2cc(F)c(C(F)(F)Oc3ccc(-c4cc(F)c5c(F)c(F)c(F)cc5c4)c(F)c3F)c(F)c2)cc1. The highest BCUT2D eigenvalue weighted by atomic mass is 19.3. The maximum Gasteiger partial charge on any atom is 0.432 e. The summed E-state index contributed by atoms with van der Waals surface area (Å²) in [5.74, 6) is -15.7. The molecule has 0 fully saturated rings. The second-order valence-corrected chi connectivity index (χ2v) is 9.08. The summed E-state index contributed by atoms with van der Waals surface area (Å²) in [6, 6.07) is 10.5. The third kappa shape index (κ3) is 4.96. The van der Waals surface area contributed by atoms with Crippen molar-refractivity contribution in [3.8, 4) is 28.0 Å². The fraction of sp³-hybridized carbons (Fsp3) is 0.0667. The molecule has 0 unspecified atom stereocenters. The van der Waals surface area contributed by atoms with Gasteiger partial charge in [0.05, 0.1) is 5.39 Å². The van der Waals surface area contributed by atoms with Crippen LogP contribution in [0.1, 0.15) is 11.1 Å². The first-order valence-corrected chi connectivity index (χ1v) is 11.7. The van der Waals surface area contributed by atoms with Gasteiger partial charge in [0.2, 0.25) is 5.82 Å². The van der Waals surface area contributed by atoms with Gasteiger partial charge >= 0.3 is 6.11 Å². The molecule has 0 spiro atoms. The Kier molecular flexibility index (Phi) is 6.92. The molecular formula is C30H14F10O. The number of benzene rings is 5. The first-order chi connectivity index (χ1) is 19.3. The van der Waals surface area contributed by atoms with Crippen LogP contribution in [-0.4, -0.2) is 0 Å². The van der Waals surface area contributed by atoms with Crippen molar-refractivity contribution < 1.29 is 48.6 Å². The van der Waals surface area contributed by atoms with Gasteiger partial charge in [0.1, 0.15) is 23.0 Å². The highest BCUT2D eigenvalue weighted by Gasteiger charge is 2.42. The molecule has 1 nitrogen and oxygen atoms in total. The quantitative estimate of drug-likeness (QED) is 0.149. The third-order valence-electron chi connectivity index (χ3n) is 6.34. The lowest BCUT2D eigenvalue weighted by Crippen LogP contribution is -2.26. The molecule has 0 amide bonds. The Balaban J connectivity index is 1.50. The first kappa shape index (κ1) is 28.0. The summed E-state index contributed by atoms with van der Waals surface area (Å²) in [6.45, 7) is 1.77. The van der Waals surface area contributed by atoms with Crippen molar-refractivity contribution >= 4 is 10.8 Å². The van der Waals surface area contributed by atoms with Crippen molar-refractivity contribution in [1.82, 2.24) is 0 Å². The lowest BCUT2D eigenvalue weighted by atomic mass is 9.99. The van der Waals surface area contributed by atoms with Gasteiger partial charge in [-0.25, -0.2) is 30.7 Å². The summed E-state index contributed by atoms with van der Waals surface area (Å²) in [5, 5.41) is -1.49. The molecule has 0 aliphatic carbocycles. The molecule has 0 radical (unpaired) electrons. The van der Waals surface area contributed by atoms with E-state index in [1.807, 2.05) is 0 Å². The minimum Gasteiger partial charge on any atom is -0.425 e. The second-order valence-electron chi connectivity index (χ2n) is 9.08. The van der Waals surface area contributed by atoms with E-state index < -0.39 is 85.9 Å². The summed E-state index contributed by atoms with van der Waals surface area (Å²) in [5.41, 5.74) is -1.98. The number of hydrogen-bond donors (Lipinski definition) is 0. The smallest absolute Gasteiger partial charge is 0.425 e. The Hall–Kier alpha value is -4.54. The summed E-state index contributed by atoms with van der Waals surface area (Å²) in [7, 11) is 0. The van der Waals surface area contributed by atoms with Crippen LogP contribution in [0.25, 0.3) is 33.0 Å².